The summed E-state index contributed by atoms with van der Waals surface area (Å²) in [6, 6.07) is 8.13. The Morgan fingerprint density at radius 1 is 1.03 bits per heavy atom. The second kappa shape index (κ2) is 9.79. The minimum atomic E-state index is -0.456. The number of aromatic nitrogens is 4. The monoisotopic (exact) mass is 473 g/mol. The number of aliphatic hydroxyl groups excluding tert-OH is 1. The fourth-order valence-corrected chi connectivity index (χ4v) is 4.87. The first-order valence-corrected chi connectivity index (χ1v) is 12.7. The van der Waals surface area contributed by atoms with Gasteiger partial charge in [-0.3, -0.25) is 9.67 Å². The molecule has 0 spiro atoms. The average molecular weight is 474 g/mol. The standard InChI is InChI=1S/C27H31N5O3/c33-24-4-2-1-3-22(24)23-15-19(7-11-28-23)30-26-16-21(8-12-29-26)35-25-17-32(20-5-6-20)31-27(25)18-9-13-34-14-10-18/h3,7-8,11-12,15-18,20,24,33H,1-2,4-6,9-10,13-14H2,(H,28,29,30). The smallest absolute Gasteiger partial charge is 0.168 e. The van der Waals surface area contributed by atoms with Gasteiger partial charge in [0.1, 0.15) is 17.3 Å². The Bertz CT molecular complexity index is 1210. The molecule has 3 aromatic heterocycles. The Kier molecular flexibility index (Phi) is 6.22. The van der Waals surface area contributed by atoms with Gasteiger partial charge in [0.25, 0.3) is 0 Å². The van der Waals surface area contributed by atoms with Crippen LogP contribution in [0.3, 0.4) is 0 Å². The molecule has 1 saturated carbocycles. The number of allylic oxidation sites excluding steroid dienone is 1. The number of hydrogen-bond donors (Lipinski definition) is 2. The molecule has 1 unspecified atom stereocenters. The maximum atomic E-state index is 10.4. The molecule has 0 radical (unpaired) electrons. The molecule has 0 bridgehead atoms. The lowest BCUT2D eigenvalue weighted by atomic mass is 9.94. The molecule has 2 fully saturated rings. The van der Waals surface area contributed by atoms with Crippen LogP contribution in [0.15, 0.2) is 48.9 Å². The fourth-order valence-electron chi connectivity index (χ4n) is 4.87. The van der Waals surface area contributed by atoms with Crippen LogP contribution in [-0.4, -0.2) is 44.2 Å². The molecule has 35 heavy (non-hydrogen) atoms. The van der Waals surface area contributed by atoms with E-state index < -0.39 is 6.10 Å². The average Bonchev–Trinajstić information content (AvgIpc) is 3.66. The molecule has 3 aromatic rings. The first-order valence-electron chi connectivity index (χ1n) is 12.7. The summed E-state index contributed by atoms with van der Waals surface area (Å²) in [7, 11) is 0. The summed E-state index contributed by atoms with van der Waals surface area (Å²) in [5, 5.41) is 18.6. The number of nitrogens with one attached hydrogen (secondary N) is 1. The van der Waals surface area contributed by atoms with Crippen molar-refractivity contribution in [2.24, 2.45) is 0 Å². The van der Waals surface area contributed by atoms with Crippen molar-refractivity contribution < 1.29 is 14.6 Å². The van der Waals surface area contributed by atoms with Crippen LogP contribution in [-0.2, 0) is 4.74 Å². The van der Waals surface area contributed by atoms with Gasteiger partial charge in [0.15, 0.2) is 5.75 Å². The van der Waals surface area contributed by atoms with E-state index in [2.05, 4.69) is 26.0 Å². The summed E-state index contributed by atoms with van der Waals surface area (Å²) in [6.07, 6.45) is 14.2. The molecule has 1 aliphatic heterocycles. The molecule has 182 valence electrons. The van der Waals surface area contributed by atoms with Crippen LogP contribution in [0.25, 0.3) is 5.57 Å². The SMILES string of the molecule is OC1CCCC=C1c1cc(Nc2cc(Oc3cn(C4CC4)nc3C3CCOCC3)ccn2)ccn1. The van der Waals surface area contributed by atoms with Crippen LogP contribution < -0.4 is 10.1 Å². The summed E-state index contributed by atoms with van der Waals surface area (Å²) in [5.74, 6) is 2.58. The van der Waals surface area contributed by atoms with Crippen molar-refractivity contribution in [1.82, 2.24) is 19.7 Å². The number of ether oxygens (including phenoxy) is 2. The lowest BCUT2D eigenvalue weighted by molar-refractivity contribution is 0.0839. The molecule has 0 amide bonds. The summed E-state index contributed by atoms with van der Waals surface area (Å²) < 4.78 is 14.0. The zero-order valence-corrected chi connectivity index (χ0v) is 19.8. The number of rotatable bonds is 7. The Morgan fingerprint density at radius 3 is 2.71 bits per heavy atom. The third-order valence-electron chi connectivity index (χ3n) is 6.95. The van der Waals surface area contributed by atoms with Gasteiger partial charge in [-0.1, -0.05) is 6.08 Å². The molecule has 4 heterocycles. The van der Waals surface area contributed by atoms with E-state index in [1.54, 1.807) is 12.4 Å². The van der Waals surface area contributed by atoms with Crippen molar-refractivity contribution in [3.05, 3.63) is 60.3 Å². The summed E-state index contributed by atoms with van der Waals surface area (Å²) in [6.45, 7) is 1.54. The highest BCUT2D eigenvalue weighted by Crippen LogP contribution is 2.40. The number of pyridine rings is 2. The third-order valence-corrected chi connectivity index (χ3v) is 6.95. The summed E-state index contributed by atoms with van der Waals surface area (Å²) >= 11 is 0. The number of nitrogens with zero attached hydrogens (tertiary/aromatic N) is 4. The fraction of sp³-hybridized carbons (Fsp3) is 0.444. The first-order chi connectivity index (χ1) is 17.2. The molecule has 8 heteroatoms. The summed E-state index contributed by atoms with van der Waals surface area (Å²) in [5.41, 5.74) is 3.59. The number of anilines is 2. The van der Waals surface area contributed by atoms with E-state index in [-0.39, 0.29) is 0 Å². The van der Waals surface area contributed by atoms with E-state index in [0.29, 0.717) is 23.5 Å². The van der Waals surface area contributed by atoms with Crippen LogP contribution in [0.2, 0.25) is 0 Å². The molecular weight excluding hydrogens is 442 g/mol. The van der Waals surface area contributed by atoms with E-state index in [4.69, 9.17) is 14.6 Å². The molecule has 1 saturated heterocycles. The van der Waals surface area contributed by atoms with Crippen LogP contribution in [0.1, 0.15) is 68.3 Å². The van der Waals surface area contributed by atoms with Crippen molar-refractivity contribution in [1.29, 1.82) is 0 Å². The van der Waals surface area contributed by atoms with Gasteiger partial charge in [0, 0.05) is 48.9 Å². The van der Waals surface area contributed by atoms with Gasteiger partial charge in [0.05, 0.1) is 24.0 Å². The van der Waals surface area contributed by atoms with Crippen molar-refractivity contribution in [3.63, 3.8) is 0 Å². The van der Waals surface area contributed by atoms with E-state index in [0.717, 1.165) is 73.7 Å². The second-order valence-corrected chi connectivity index (χ2v) is 9.62. The van der Waals surface area contributed by atoms with Gasteiger partial charge in [-0.25, -0.2) is 4.98 Å². The Balaban J connectivity index is 1.21. The molecular formula is C27H31N5O3. The highest BCUT2D eigenvalue weighted by Gasteiger charge is 2.30. The summed E-state index contributed by atoms with van der Waals surface area (Å²) in [4.78, 5) is 8.95. The number of aliphatic hydroxyl groups is 1. The largest absolute Gasteiger partial charge is 0.454 e. The quantitative estimate of drug-likeness (QED) is 0.477. The van der Waals surface area contributed by atoms with Gasteiger partial charge < -0.3 is 19.9 Å². The van der Waals surface area contributed by atoms with Crippen LogP contribution in [0.4, 0.5) is 11.5 Å². The van der Waals surface area contributed by atoms with E-state index >= 15 is 0 Å². The predicted molar refractivity (Wildman–Crippen MR) is 133 cm³/mol. The molecule has 3 aliphatic rings. The van der Waals surface area contributed by atoms with Crippen LogP contribution in [0.5, 0.6) is 11.5 Å². The Labute approximate surface area is 205 Å². The third kappa shape index (κ3) is 5.09. The Hall–Kier alpha value is -3.23. The van der Waals surface area contributed by atoms with Crippen LogP contribution in [0, 0.1) is 0 Å². The Morgan fingerprint density at radius 2 is 1.89 bits per heavy atom. The molecule has 1 atom stereocenters. The zero-order chi connectivity index (χ0) is 23.6. The highest BCUT2D eigenvalue weighted by atomic mass is 16.5. The second-order valence-electron chi connectivity index (χ2n) is 9.62. The molecule has 2 N–H and O–H groups in total. The topological polar surface area (TPSA) is 94.3 Å². The van der Waals surface area contributed by atoms with Crippen LogP contribution >= 0.6 is 0 Å². The maximum Gasteiger partial charge on any atom is 0.168 e. The maximum absolute atomic E-state index is 10.4. The molecule has 0 aromatic carbocycles. The van der Waals surface area contributed by atoms with Crippen molar-refractivity contribution in [2.75, 3.05) is 18.5 Å². The van der Waals surface area contributed by atoms with Crippen molar-refractivity contribution in [2.45, 2.75) is 63.0 Å². The first kappa shape index (κ1) is 22.2. The van der Waals surface area contributed by atoms with Gasteiger partial charge in [-0.05, 0) is 63.1 Å². The number of hydrogen-bond acceptors (Lipinski definition) is 7. The zero-order valence-electron chi connectivity index (χ0n) is 19.8. The predicted octanol–water partition coefficient (Wildman–Crippen LogP) is 5.37. The van der Waals surface area contributed by atoms with Gasteiger partial charge in [-0.2, -0.15) is 5.10 Å². The lowest BCUT2D eigenvalue weighted by Crippen LogP contribution is -2.15. The van der Waals surface area contributed by atoms with E-state index in [9.17, 15) is 5.11 Å². The minimum absolute atomic E-state index is 0.359. The van der Waals surface area contributed by atoms with Crippen molar-refractivity contribution in [3.8, 4) is 11.5 Å². The normalized spacial score (nSPS) is 20.9. The highest BCUT2D eigenvalue weighted by molar-refractivity contribution is 5.70. The van der Waals surface area contributed by atoms with Gasteiger partial charge in [-0.15, -0.1) is 0 Å². The van der Waals surface area contributed by atoms with Crippen molar-refractivity contribution >= 4 is 17.1 Å². The lowest BCUT2D eigenvalue weighted by Gasteiger charge is -2.21. The van der Waals surface area contributed by atoms with E-state index in [1.807, 2.05) is 30.5 Å². The molecule has 6 rings (SSSR count). The van der Waals surface area contributed by atoms with E-state index in [1.165, 1.54) is 12.8 Å². The molecule has 2 aliphatic carbocycles. The van der Waals surface area contributed by atoms with Gasteiger partial charge >= 0.3 is 0 Å². The molecule has 8 nitrogen and oxygen atoms in total. The minimum Gasteiger partial charge on any atom is -0.454 e. The van der Waals surface area contributed by atoms with Gasteiger partial charge in [0.2, 0.25) is 0 Å².